The topological polar surface area (TPSA) is 32.3 Å². The maximum atomic E-state index is 13.6. The average molecular weight is 432 g/mol. The predicted octanol–water partition coefficient (Wildman–Crippen LogP) is 6.01. The second-order valence-electron chi connectivity index (χ2n) is 5.92. The van der Waals surface area contributed by atoms with E-state index in [0.29, 0.717) is 11.3 Å². The van der Waals surface area contributed by atoms with E-state index in [1.54, 1.807) is 17.0 Å². The first kappa shape index (κ1) is 17.1. The third kappa shape index (κ3) is 2.97. The van der Waals surface area contributed by atoms with Crippen LogP contribution in [0.3, 0.4) is 0 Å². The van der Waals surface area contributed by atoms with Crippen molar-refractivity contribution in [1.82, 2.24) is 0 Å². The smallest absolute Gasteiger partial charge is 0.262 e. The van der Waals surface area contributed by atoms with E-state index in [0.717, 1.165) is 15.7 Å². The third-order valence-corrected chi connectivity index (χ3v) is 5.11. The number of benzene rings is 3. The van der Waals surface area contributed by atoms with Crippen LogP contribution in [0.15, 0.2) is 71.2 Å². The Morgan fingerprint density at radius 3 is 2.50 bits per heavy atom. The van der Waals surface area contributed by atoms with E-state index in [1.807, 2.05) is 42.5 Å². The largest absolute Gasteiger partial charge is 0.360 e. The van der Waals surface area contributed by atoms with Gasteiger partial charge >= 0.3 is 0 Å². The minimum atomic E-state index is -0.520. The number of amides is 1. The third-order valence-electron chi connectivity index (χ3n) is 4.29. The molecular weight excluding hydrogens is 419 g/mol. The Balaban J connectivity index is 1.87. The second kappa shape index (κ2) is 6.74. The Labute approximate surface area is 163 Å². The molecule has 6 heteroatoms. The Morgan fingerprint density at radius 1 is 1.04 bits per heavy atom. The minimum absolute atomic E-state index is 0.0243. The number of para-hydroxylation sites is 1. The standard InChI is InChI=1S/C20H13BrClFN2O/c21-13-7-5-12(6-8-13)19-24-18-4-2-1-3-15(18)20(26)25(19)14-9-10-17(23)16(22)11-14/h1-11,19,24H/t19-/m1/s1. The molecule has 3 aromatic rings. The van der Waals surface area contributed by atoms with Gasteiger partial charge in [0.15, 0.2) is 0 Å². The quantitative estimate of drug-likeness (QED) is 0.539. The Hall–Kier alpha value is -2.37. The van der Waals surface area contributed by atoms with Crippen LogP contribution in [-0.4, -0.2) is 5.91 Å². The highest BCUT2D eigenvalue weighted by molar-refractivity contribution is 9.10. The molecule has 0 saturated heterocycles. The molecule has 0 bridgehead atoms. The summed E-state index contributed by atoms with van der Waals surface area (Å²) in [6, 6.07) is 19.3. The molecule has 26 heavy (non-hydrogen) atoms. The van der Waals surface area contributed by atoms with Crippen LogP contribution < -0.4 is 10.2 Å². The molecule has 0 aromatic heterocycles. The van der Waals surface area contributed by atoms with E-state index >= 15 is 0 Å². The summed E-state index contributed by atoms with van der Waals surface area (Å²) in [5.41, 5.74) is 2.74. The lowest BCUT2D eigenvalue weighted by Gasteiger charge is -2.38. The number of hydrogen-bond donors (Lipinski definition) is 1. The summed E-state index contributed by atoms with van der Waals surface area (Å²) in [6.07, 6.45) is -0.438. The molecule has 130 valence electrons. The first-order chi connectivity index (χ1) is 12.5. The van der Waals surface area contributed by atoms with Gasteiger partial charge in [0.25, 0.3) is 5.91 Å². The molecule has 0 radical (unpaired) electrons. The van der Waals surface area contributed by atoms with E-state index in [-0.39, 0.29) is 10.9 Å². The summed E-state index contributed by atoms with van der Waals surface area (Å²) in [5.74, 6) is -0.691. The van der Waals surface area contributed by atoms with Gasteiger partial charge in [-0.05, 0) is 48.0 Å². The number of carbonyl (C=O) groups excluding carboxylic acids is 1. The number of anilines is 2. The molecule has 3 aromatic carbocycles. The fourth-order valence-corrected chi connectivity index (χ4v) is 3.47. The van der Waals surface area contributed by atoms with Crippen LogP contribution in [0.2, 0.25) is 5.02 Å². The van der Waals surface area contributed by atoms with E-state index in [2.05, 4.69) is 21.2 Å². The zero-order valence-corrected chi connectivity index (χ0v) is 15.8. The number of rotatable bonds is 2. The molecule has 0 unspecified atom stereocenters. The van der Waals surface area contributed by atoms with Crippen molar-refractivity contribution in [1.29, 1.82) is 0 Å². The van der Waals surface area contributed by atoms with Gasteiger partial charge in [0.05, 0.1) is 10.6 Å². The van der Waals surface area contributed by atoms with Crippen LogP contribution in [0.1, 0.15) is 22.1 Å². The fraction of sp³-hybridized carbons (Fsp3) is 0.0500. The van der Waals surface area contributed by atoms with Crippen LogP contribution in [0.4, 0.5) is 15.8 Å². The lowest BCUT2D eigenvalue weighted by atomic mass is 10.0. The summed E-state index contributed by atoms with van der Waals surface area (Å²) in [4.78, 5) is 14.8. The summed E-state index contributed by atoms with van der Waals surface area (Å²) in [7, 11) is 0. The van der Waals surface area contributed by atoms with Gasteiger partial charge in [-0.25, -0.2) is 4.39 Å². The van der Waals surface area contributed by atoms with Crippen molar-refractivity contribution in [2.75, 3.05) is 10.2 Å². The normalized spacial score (nSPS) is 16.2. The molecular formula is C20H13BrClFN2O. The molecule has 1 atom stereocenters. The number of fused-ring (bicyclic) bond motifs is 1. The number of nitrogens with one attached hydrogen (secondary N) is 1. The SMILES string of the molecule is O=C1c2ccccc2N[C@@H](c2ccc(Br)cc2)N1c1ccc(F)c(Cl)c1. The first-order valence-electron chi connectivity index (χ1n) is 7.94. The van der Waals surface area contributed by atoms with Crippen molar-refractivity contribution in [3.63, 3.8) is 0 Å². The molecule has 0 aliphatic carbocycles. The summed E-state index contributed by atoms with van der Waals surface area (Å²) in [5, 5.41) is 3.37. The number of carbonyl (C=O) groups is 1. The molecule has 1 N–H and O–H groups in total. The number of halogens is 3. The van der Waals surface area contributed by atoms with Crippen LogP contribution in [0.25, 0.3) is 0 Å². The zero-order chi connectivity index (χ0) is 18.3. The van der Waals surface area contributed by atoms with E-state index < -0.39 is 12.0 Å². The van der Waals surface area contributed by atoms with Crippen molar-refractivity contribution >= 4 is 44.8 Å². The highest BCUT2D eigenvalue weighted by Gasteiger charge is 2.34. The van der Waals surface area contributed by atoms with Crippen molar-refractivity contribution in [2.45, 2.75) is 6.17 Å². The van der Waals surface area contributed by atoms with Gasteiger partial charge in [0.2, 0.25) is 0 Å². The Kier molecular flexibility index (Phi) is 4.42. The fourth-order valence-electron chi connectivity index (χ4n) is 3.03. The maximum absolute atomic E-state index is 13.6. The van der Waals surface area contributed by atoms with Crippen molar-refractivity contribution in [3.8, 4) is 0 Å². The second-order valence-corrected chi connectivity index (χ2v) is 7.24. The molecule has 3 nitrogen and oxygen atoms in total. The van der Waals surface area contributed by atoms with Gasteiger partial charge < -0.3 is 5.32 Å². The van der Waals surface area contributed by atoms with Crippen LogP contribution in [-0.2, 0) is 0 Å². The van der Waals surface area contributed by atoms with Gasteiger partial charge in [-0.3, -0.25) is 9.69 Å². The van der Waals surface area contributed by atoms with Crippen molar-refractivity contribution in [2.24, 2.45) is 0 Å². The molecule has 0 fully saturated rings. The van der Waals surface area contributed by atoms with Gasteiger partial charge in [-0.15, -0.1) is 0 Å². The van der Waals surface area contributed by atoms with Crippen LogP contribution in [0.5, 0.6) is 0 Å². The molecule has 1 aliphatic heterocycles. The van der Waals surface area contributed by atoms with Gasteiger partial charge in [-0.2, -0.15) is 0 Å². The highest BCUT2D eigenvalue weighted by atomic mass is 79.9. The first-order valence-corrected chi connectivity index (χ1v) is 9.11. The average Bonchev–Trinajstić information content (AvgIpc) is 2.65. The molecule has 4 rings (SSSR count). The zero-order valence-electron chi connectivity index (χ0n) is 13.4. The lowest BCUT2D eigenvalue weighted by Crippen LogP contribution is -2.43. The van der Waals surface area contributed by atoms with Gasteiger partial charge in [-0.1, -0.05) is 51.8 Å². The number of nitrogens with zero attached hydrogens (tertiary/aromatic N) is 1. The van der Waals surface area contributed by atoms with Crippen LogP contribution >= 0.6 is 27.5 Å². The Morgan fingerprint density at radius 2 is 1.77 bits per heavy atom. The highest BCUT2D eigenvalue weighted by Crippen LogP contribution is 2.37. The van der Waals surface area contributed by atoms with E-state index in [4.69, 9.17) is 11.6 Å². The molecule has 0 saturated carbocycles. The van der Waals surface area contributed by atoms with Crippen LogP contribution in [0, 0.1) is 5.82 Å². The molecule has 0 spiro atoms. The van der Waals surface area contributed by atoms with Crippen molar-refractivity contribution in [3.05, 3.63) is 93.2 Å². The van der Waals surface area contributed by atoms with Crippen molar-refractivity contribution < 1.29 is 9.18 Å². The van der Waals surface area contributed by atoms with E-state index in [9.17, 15) is 9.18 Å². The summed E-state index contributed by atoms with van der Waals surface area (Å²) >= 11 is 9.38. The minimum Gasteiger partial charge on any atom is -0.360 e. The van der Waals surface area contributed by atoms with Gasteiger partial charge in [0.1, 0.15) is 12.0 Å². The summed E-state index contributed by atoms with van der Waals surface area (Å²) in [6.45, 7) is 0. The molecule has 1 amide bonds. The predicted molar refractivity (Wildman–Crippen MR) is 105 cm³/mol. The number of hydrogen-bond acceptors (Lipinski definition) is 2. The lowest BCUT2D eigenvalue weighted by molar-refractivity contribution is 0.0975. The molecule has 1 aliphatic rings. The summed E-state index contributed by atoms with van der Waals surface area (Å²) < 4.78 is 14.6. The van der Waals surface area contributed by atoms with E-state index in [1.165, 1.54) is 12.1 Å². The monoisotopic (exact) mass is 430 g/mol. The maximum Gasteiger partial charge on any atom is 0.262 e. The van der Waals surface area contributed by atoms with Gasteiger partial charge in [0, 0.05) is 15.8 Å². The Bertz CT molecular complexity index is 993. The molecule has 1 heterocycles.